The van der Waals surface area contributed by atoms with Gasteiger partial charge in [-0.2, -0.15) is 0 Å². The number of carbonyl (C=O) groups excluding carboxylic acids is 3. The number of phenolic OH excluding ortho intramolecular Hbond substituents is 1. The highest BCUT2D eigenvalue weighted by molar-refractivity contribution is 5.96. The number of nitrogens with two attached hydrogens (primary N) is 1. The number of ether oxygens (including phenoxy) is 1. The SMILES string of the molecule is CN(c1cccc(C2CCN(CC(=O)N3CCC(Oc4cccc(N5CCN(c6cc(-c7ccccc7O)nnc6N)CC56CCC6)c4)CC3)CC2)c1)[C@H]1CCC(=O)NC(=O)C1. The number of benzene rings is 3. The molecule has 1 aromatic heterocycles. The van der Waals surface area contributed by atoms with Crippen LogP contribution in [0.5, 0.6) is 11.5 Å². The Morgan fingerprint density at radius 2 is 1.68 bits per heavy atom. The molecule has 1 spiro atoms. The van der Waals surface area contributed by atoms with Crippen molar-refractivity contribution in [3.63, 3.8) is 0 Å². The molecule has 5 heterocycles. The first-order valence-corrected chi connectivity index (χ1v) is 22.5. The first-order valence-electron chi connectivity index (χ1n) is 22.5. The lowest BCUT2D eigenvalue weighted by Crippen LogP contribution is -2.66. The van der Waals surface area contributed by atoms with E-state index in [2.05, 4.69) is 77.6 Å². The topological polar surface area (TPSA) is 161 Å². The van der Waals surface area contributed by atoms with Gasteiger partial charge in [0.1, 0.15) is 17.6 Å². The summed E-state index contributed by atoms with van der Waals surface area (Å²) in [6.45, 7) is 6.01. The monoisotopic (exact) mass is 841 g/mol. The van der Waals surface area contributed by atoms with E-state index in [1.54, 1.807) is 12.1 Å². The van der Waals surface area contributed by atoms with E-state index in [0.29, 0.717) is 61.9 Å². The van der Waals surface area contributed by atoms with Crippen molar-refractivity contribution in [2.24, 2.45) is 0 Å². The number of nitrogens with one attached hydrogen (secondary N) is 1. The van der Waals surface area contributed by atoms with Crippen LogP contribution in [-0.4, -0.2) is 120 Å². The number of aromatic nitrogens is 2. The molecular formula is C48H59N9O5. The molecule has 62 heavy (non-hydrogen) atoms. The number of para-hydroxylation sites is 1. The fourth-order valence-corrected chi connectivity index (χ4v) is 10.3. The van der Waals surface area contributed by atoms with Crippen LogP contribution in [0.3, 0.4) is 0 Å². The summed E-state index contributed by atoms with van der Waals surface area (Å²) in [6.07, 6.45) is 8.31. The Balaban J connectivity index is 0.748. The van der Waals surface area contributed by atoms with E-state index in [1.807, 2.05) is 36.2 Å². The van der Waals surface area contributed by atoms with Crippen molar-refractivity contribution in [1.82, 2.24) is 25.3 Å². The minimum absolute atomic E-state index is 0.0160. The van der Waals surface area contributed by atoms with Crippen molar-refractivity contribution in [1.29, 1.82) is 0 Å². The first kappa shape index (κ1) is 41.5. The summed E-state index contributed by atoms with van der Waals surface area (Å²) in [7, 11) is 2.01. The number of rotatable bonds is 10. The standard InChI is InChI=1S/C48H59N9O5/c1-53(36-13-14-44(59)50-45(60)29-36)35-8-4-7-34(27-35)33-15-21-54(22-16-33)31-46(61)55-23-17-38(18-24-55)62-39-10-5-9-37(28-39)57-26-25-56(32-48(57)19-6-20-48)42-30-41(51-52-47(42)49)40-11-2-3-12-43(40)58/h2-5,7-12,27-28,30,33,36,38,58H,6,13-26,29,31-32H2,1H3,(H2,49,52)(H,50,59,60)/t36-/m0/s1. The van der Waals surface area contributed by atoms with E-state index in [9.17, 15) is 19.5 Å². The van der Waals surface area contributed by atoms with Crippen molar-refractivity contribution < 1.29 is 24.2 Å². The van der Waals surface area contributed by atoms with Crippen LogP contribution in [0, 0.1) is 0 Å². The molecule has 4 N–H and O–H groups in total. The average molecular weight is 842 g/mol. The minimum Gasteiger partial charge on any atom is -0.507 e. The highest BCUT2D eigenvalue weighted by Crippen LogP contribution is 2.45. The van der Waals surface area contributed by atoms with Gasteiger partial charge in [-0.25, -0.2) is 0 Å². The Morgan fingerprint density at radius 1 is 0.887 bits per heavy atom. The number of piperazine rings is 1. The molecule has 4 aliphatic heterocycles. The zero-order chi connectivity index (χ0) is 42.8. The predicted octanol–water partition coefficient (Wildman–Crippen LogP) is 5.56. The lowest BCUT2D eigenvalue weighted by molar-refractivity contribution is -0.134. The summed E-state index contributed by atoms with van der Waals surface area (Å²) >= 11 is 0. The summed E-state index contributed by atoms with van der Waals surface area (Å²) in [4.78, 5) is 48.9. The highest BCUT2D eigenvalue weighted by atomic mass is 16.5. The second-order valence-corrected chi connectivity index (χ2v) is 18.0. The fourth-order valence-electron chi connectivity index (χ4n) is 10.3. The molecule has 1 aliphatic carbocycles. The third kappa shape index (κ3) is 8.88. The van der Waals surface area contributed by atoms with Gasteiger partial charge in [-0.15, -0.1) is 10.2 Å². The molecule has 1 atom stereocenters. The van der Waals surface area contributed by atoms with Gasteiger partial charge in [0, 0.05) is 94.5 Å². The van der Waals surface area contributed by atoms with E-state index in [-0.39, 0.29) is 41.2 Å². The number of amides is 3. The number of nitrogens with zero attached hydrogens (tertiary/aromatic N) is 7. The van der Waals surface area contributed by atoms with Crippen LogP contribution in [0.2, 0.25) is 0 Å². The highest BCUT2D eigenvalue weighted by Gasteiger charge is 2.47. The largest absolute Gasteiger partial charge is 0.507 e. The zero-order valence-electron chi connectivity index (χ0n) is 35.8. The summed E-state index contributed by atoms with van der Waals surface area (Å²) < 4.78 is 6.61. The van der Waals surface area contributed by atoms with Gasteiger partial charge in [0.05, 0.1) is 23.5 Å². The number of hydrogen-bond donors (Lipinski definition) is 3. The molecule has 5 aliphatic rings. The molecule has 0 bridgehead atoms. The Labute approximate surface area is 364 Å². The number of phenols is 1. The van der Waals surface area contributed by atoms with Gasteiger partial charge in [-0.05, 0) is 106 Å². The van der Waals surface area contributed by atoms with Gasteiger partial charge in [0.2, 0.25) is 17.7 Å². The molecule has 3 amide bonds. The quantitative estimate of drug-likeness (QED) is 0.171. The maximum Gasteiger partial charge on any atom is 0.236 e. The summed E-state index contributed by atoms with van der Waals surface area (Å²) in [5.41, 5.74) is 12.0. The number of likely N-dealkylation sites (tertiary alicyclic amines) is 2. The zero-order valence-corrected chi connectivity index (χ0v) is 35.8. The smallest absolute Gasteiger partial charge is 0.236 e. The molecule has 0 unspecified atom stereocenters. The second kappa shape index (κ2) is 17.8. The van der Waals surface area contributed by atoms with Gasteiger partial charge < -0.3 is 35.2 Å². The number of anilines is 4. The van der Waals surface area contributed by atoms with Crippen LogP contribution < -0.4 is 30.5 Å². The molecule has 326 valence electrons. The second-order valence-electron chi connectivity index (χ2n) is 18.0. The number of hydrogen-bond acceptors (Lipinski definition) is 12. The van der Waals surface area contributed by atoms with E-state index >= 15 is 0 Å². The van der Waals surface area contributed by atoms with E-state index in [4.69, 9.17) is 10.5 Å². The van der Waals surface area contributed by atoms with Crippen LogP contribution in [-0.2, 0) is 14.4 Å². The first-order chi connectivity index (χ1) is 30.1. The normalized spacial score (nSPS) is 21.3. The van der Waals surface area contributed by atoms with Gasteiger partial charge in [0.25, 0.3) is 0 Å². The molecule has 4 saturated heterocycles. The maximum atomic E-state index is 13.5. The number of piperidine rings is 2. The summed E-state index contributed by atoms with van der Waals surface area (Å²) in [6, 6.07) is 26.2. The van der Waals surface area contributed by atoms with Crippen LogP contribution in [0.4, 0.5) is 22.9 Å². The molecule has 4 aromatic rings. The van der Waals surface area contributed by atoms with Gasteiger partial charge in [-0.3, -0.25) is 24.6 Å². The molecule has 1 saturated carbocycles. The molecule has 14 heteroatoms. The molecule has 14 nitrogen and oxygen atoms in total. The Kier molecular flexibility index (Phi) is 11.9. The predicted molar refractivity (Wildman–Crippen MR) is 240 cm³/mol. The van der Waals surface area contributed by atoms with E-state index in [0.717, 1.165) is 94.1 Å². The van der Waals surface area contributed by atoms with Crippen molar-refractivity contribution >= 4 is 40.6 Å². The summed E-state index contributed by atoms with van der Waals surface area (Å²) in [5.74, 6) is 1.64. The number of carbonyl (C=O) groups is 3. The van der Waals surface area contributed by atoms with E-state index < -0.39 is 0 Å². The van der Waals surface area contributed by atoms with Gasteiger partial charge >= 0.3 is 0 Å². The molecule has 3 aromatic carbocycles. The third-order valence-electron chi connectivity index (χ3n) is 14.1. The van der Waals surface area contributed by atoms with Gasteiger partial charge in [0.15, 0.2) is 5.82 Å². The average Bonchev–Trinajstić information content (AvgIpc) is 3.45. The Hall–Kier alpha value is -5.89. The number of imide groups is 1. The lowest BCUT2D eigenvalue weighted by atomic mass is 9.73. The fraction of sp³-hybridized carbons (Fsp3) is 0.479. The van der Waals surface area contributed by atoms with Crippen LogP contribution in [0.1, 0.15) is 75.7 Å². The van der Waals surface area contributed by atoms with Crippen LogP contribution >= 0.6 is 0 Å². The van der Waals surface area contributed by atoms with Crippen molar-refractivity contribution in [3.8, 4) is 22.8 Å². The lowest BCUT2D eigenvalue weighted by Gasteiger charge is -2.57. The van der Waals surface area contributed by atoms with Gasteiger partial charge in [-0.1, -0.05) is 30.3 Å². The maximum absolute atomic E-state index is 13.5. The Bertz CT molecular complexity index is 2270. The third-order valence-corrected chi connectivity index (χ3v) is 14.1. The van der Waals surface area contributed by atoms with Crippen molar-refractivity contribution in [3.05, 3.63) is 84.4 Å². The van der Waals surface area contributed by atoms with Crippen molar-refractivity contribution in [2.45, 2.75) is 87.8 Å². The minimum atomic E-state index is -0.207. The number of nitrogen functional groups attached to an aromatic ring is 1. The van der Waals surface area contributed by atoms with Crippen molar-refractivity contribution in [2.75, 3.05) is 79.8 Å². The van der Waals surface area contributed by atoms with Crippen LogP contribution in [0.25, 0.3) is 11.3 Å². The van der Waals surface area contributed by atoms with Crippen LogP contribution in [0.15, 0.2) is 78.9 Å². The molecule has 5 fully saturated rings. The Morgan fingerprint density at radius 3 is 2.45 bits per heavy atom. The summed E-state index contributed by atoms with van der Waals surface area (Å²) in [5, 5.41) is 21.5. The molecule has 9 rings (SSSR count). The molecular weight excluding hydrogens is 783 g/mol. The van der Waals surface area contributed by atoms with E-state index in [1.165, 1.54) is 12.0 Å². The molecule has 0 radical (unpaired) electrons. The number of aromatic hydroxyl groups is 1.